The molecule has 25 heavy (non-hydrogen) atoms. The Balaban J connectivity index is 1.48. The molecule has 0 aliphatic heterocycles. The number of para-hydroxylation sites is 2. The van der Waals surface area contributed by atoms with E-state index < -0.39 is 0 Å². The van der Waals surface area contributed by atoms with Crippen LogP contribution in [0.2, 0.25) is 0 Å². The second kappa shape index (κ2) is 5.13. The minimum Gasteiger partial charge on any atom is -0.334 e. The first kappa shape index (κ1) is 13.7. The summed E-state index contributed by atoms with van der Waals surface area (Å²) in [5.41, 5.74) is 3.31. The van der Waals surface area contributed by atoms with E-state index in [1.165, 1.54) is 0 Å². The fourth-order valence-corrected chi connectivity index (χ4v) is 2.76. The number of nitrogens with zero attached hydrogens (tertiary/aromatic N) is 5. The SMILES string of the molecule is O=c1[nH]c2cc(-c3nc(Cn4cnc5ccccc54)no3)cnc2[nH]1. The molecular weight excluding hydrogens is 322 g/mol. The molecule has 0 radical (unpaired) electrons. The van der Waals surface area contributed by atoms with Gasteiger partial charge < -0.3 is 14.1 Å². The van der Waals surface area contributed by atoms with Crippen molar-refractivity contribution in [2.75, 3.05) is 0 Å². The molecule has 4 aromatic heterocycles. The van der Waals surface area contributed by atoms with Crippen molar-refractivity contribution in [3.05, 3.63) is 59.2 Å². The molecule has 4 heterocycles. The van der Waals surface area contributed by atoms with Gasteiger partial charge in [0.2, 0.25) is 0 Å². The van der Waals surface area contributed by atoms with Gasteiger partial charge in [-0.3, -0.25) is 4.98 Å². The van der Waals surface area contributed by atoms with Crippen LogP contribution in [0.15, 0.2) is 52.2 Å². The molecule has 0 aliphatic rings. The summed E-state index contributed by atoms with van der Waals surface area (Å²) in [6.45, 7) is 0.445. The number of aromatic amines is 2. The monoisotopic (exact) mass is 333 g/mol. The van der Waals surface area contributed by atoms with Crippen LogP contribution in [0.25, 0.3) is 33.7 Å². The molecule has 122 valence electrons. The zero-order valence-corrected chi connectivity index (χ0v) is 12.8. The van der Waals surface area contributed by atoms with Crippen molar-refractivity contribution in [2.24, 2.45) is 0 Å². The van der Waals surface area contributed by atoms with Crippen LogP contribution in [0, 0.1) is 0 Å². The lowest BCUT2D eigenvalue weighted by Crippen LogP contribution is -1.99. The average Bonchev–Trinajstić information content (AvgIpc) is 3.33. The Hall–Kier alpha value is -3.75. The molecule has 5 aromatic rings. The summed E-state index contributed by atoms with van der Waals surface area (Å²) in [7, 11) is 0. The summed E-state index contributed by atoms with van der Waals surface area (Å²) < 4.78 is 7.28. The summed E-state index contributed by atoms with van der Waals surface area (Å²) in [4.78, 5) is 29.5. The lowest BCUT2D eigenvalue weighted by molar-refractivity contribution is 0.421. The molecule has 0 saturated heterocycles. The van der Waals surface area contributed by atoms with Crippen LogP contribution in [0.1, 0.15) is 5.82 Å². The van der Waals surface area contributed by atoms with Crippen molar-refractivity contribution >= 4 is 22.2 Å². The average molecular weight is 333 g/mol. The third kappa shape index (κ3) is 2.29. The maximum Gasteiger partial charge on any atom is 0.325 e. The van der Waals surface area contributed by atoms with Gasteiger partial charge in [0.05, 0.1) is 35.0 Å². The topological polar surface area (TPSA) is 118 Å². The predicted octanol–water partition coefficient (Wildman–Crippen LogP) is 1.70. The number of hydrogen-bond acceptors (Lipinski definition) is 6. The molecule has 0 aliphatic carbocycles. The molecule has 2 N–H and O–H groups in total. The van der Waals surface area contributed by atoms with Gasteiger partial charge in [-0.2, -0.15) is 4.98 Å². The Morgan fingerprint density at radius 2 is 2.08 bits per heavy atom. The van der Waals surface area contributed by atoms with Gasteiger partial charge in [-0.25, -0.2) is 14.8 Å². The molecule has 9 nitrogen and oxygen atoms in total. The molecule has 0 unspecified atom stereocenters. The van der Waals surface area contributed by atoms with Gasteiger partial charge >= 0.3 is 5.69 Å². The number of imidazole rings is 2. The molecule has 9 heteroatoms. The molecule has 5 rings (SSSR count). The van der Waals surface area contributed by atoms with Crippen molar-refractivity contribution < 1.29 is 4.52 Å². The highest BCUT2D eigenvalue weighted by Gasteiger charge is 2.12. The number of H-pyrrole nitrogens is 2. The minimum atomic E-state index is -0.308. The van der Waals surface area contributed by atoms with Crippen LogP contribution in [0.5, 0.6) is 0 Å². The van der Waals surface area contributed by atoms with Crippen LogP contribution in [0.4, 0.5) is 0 Å². The maximum atomic E-state index is 11.3. The third-order valence-corrected chi connectivity index (χ3v) is 3.92. The van der Waals surface area contributed by atoms with Crippen molar-refractivity contribution in [2.45, 2.75) is 6.54 Å². The Morgan fingerprint density at radius 1 is 1.16 bits per heavy atom. The van der Waals surface area contributed by atoms with Gasteiger partial charge in [0.15, 0.2) is 11.5 Å². The van der Waals surface area contributed by atoms with Crippen LogP contribution in [-0.4, -0.2) is 34.6 Å². The minimum absolute atomic E-state index is 0.308. The lowest BCUT2D eigenvalue weighted by Gasteiger charge is -1.99. The molecule has 0 saturated carbocycles. The van der Waals surface area contributed by atoms with E-state index in [2.05, 4.69) is 30.1 Å². The van der Waals surface area contributed by atoms with Gasteiger partial charge in [-0.05, 0) is 18.2 Å². The molecule has 0 atom stereocenters. The van der Waals surface area contributed by atoms with E-state index in [-0.39, 0.29) is 5.69 Å². The first-order valence-electron chi connectivity index (χ1n) is 7.57. The van der Waals surface area contributed by atoms with E-state index in [1.807, 2.05) is 28.8 Å². The van der Waals surface area contributed by atoms with Crippen LogP contribution >= 0.6 is 0 Å². The van der Waals surface area contributed by atoms with Crippen molar-refractivity contribution in [1.29, 1.82) is 0 Å². The molecular formula is C16H11N7O2. The van der Waals surface area contributed by atoms with Crippen molar-refractivity contribution in [3.8, 4) is 11.5 Å². The largest absolute Gasteiger partial charge is 0.334 e. The second-order valence-corrected chi connectivity index (χ2v) is 5.58. The first-order chi connectivity index (χ1) is 12.3. The fourth-order valence-electron chi connectivity index (χ4n) is 2.76. The van der Waals surface area contributed by atoms with Gasteiger partial charge in [0, 0.05) is 6.20 Å². The van der Waals surface area contributed by atoms with Crippen LogP contribution < -0.4 is 5.69 Å². The molecule has 0 fully saturated rings. The van der Waals surface area contributed by atoms with E-state index in [0.717, 1.165) is 11.0 Å². The van der Waals surface area contributed by atoms with Gasteiger partial charge in [0.1, 0.15) is 0 Å². The number of nitrogens with one attached hydrogen (secondary N) is 2. The standard InChI is InChI=1S/C16H11N7O2/c24-16-19-11-5-9(6-17-14(11)21-16)15-20-13(22-25-15)7-23-8-18-10-3-1-2-4-12(10)23/h1-6,8H,7H2,(H2,17,19,21,24). The van der Waals surface area contributed by atoms with E-state index in [1.54, 1.807) is 18.6 Å². The van der Waals surface area contributed by atoms with Gasteiger partial charge in [0.25, 0.3) is 5.89 Å². The summed E-state index contributed by atoms with van der Waals surface area (Å²) in [5.74, 6) is 0.872. The number of fused-ring (bicyclic) bond motifs is 2. The highest BCUT2D eigenvalue weighted by molar-refractivity contribution is 5.75. The fraction of sp³-hybridized carbons (Fsp3) is 0.0625. The molecule has 0 bridgehead atoms. The highest BCUT2D eigenvalue weighted by atomic mass is 16.5. The normalized spacial score (nSPS) is 11.5. The summed E-state index contributed by atoms with van der Waals surface area (Å²) >= 11 is 0. The first-order valence-corrected chi connectivity index (χ1v) is 7.57. The molecule has 0 amide bonds. The van der Waals surface area contributed by atoms with Gasteiger partial charge in [-0.15, -0.1) is 0 Å². The molecule has 0 spiro atoms. The van der Waals surface area contributed by atoms with E-state index >= 15 is 0 Å². The zero-order valence-electron chi connectivity index (χ0n) is 12.8. The highest BCUT2D eigenvalue weighted by Crippen LogP contribution is 2.20. The number of aromatic nitrogens is 7. The number of pyridine rings is 1. The van der Waals surface area contributed by atoms with Crippen molar-refractivity contribution in [1.82, 2.24) is 34.6 Å². The lowest BCUT2D eigenvalue weighted by atomic mass is 10.2. The third-order valence-electron chi connectivity index (χ3n) is 3.92. The van der Waals surface area contributed by atoms with Crippen molar-refractivity contribution in [3.63, 3.8) is 0 Å². The number of rotatable bonds is 3. The van der Waals surface area contributed by atoms with Crippen LogP contribution in [0.3, 0.4) is 0 Å². The Morgan fingerprint density at radius 3 is 3.04 bits per heavy atom. The Bertz CT molecular complexity index is 1260. The second-order valence-electron chi connectivity index (χ2n) is 5.58. The van der Waals surface area contributed by atoms with E-state index in [4.69, 9.17) is 4.52 Å². The quantitative estimate of drug-likeness (QED) is 0.519. The smallest absolute Gasteiger partial charge is 0.325 e. The Kier molecular flexibility index (Phi) is 2.80. The Labute approximate surface area is 139 Å². The predicted molar refractivity (Wildman–Crippen MR) is 88.8 cm³/mol. The number of hydrogen-bond donors (Lipinski definition) is 2. The van der Waals surface area contributed by atoms with E-state index in [0.29, 0.717) is 35.0 Å². The zero-order chi connectivity index (χ0) is 16.8. The van der Waals surface area contributed by atoms with Gasteiger partial charge in [-0.1, -0.05) is 17.3 Å². The summed E-state index contributed by atoms with van der Waals surface area (Å²) in [5, 5.41) is 4.02. The van der Waals surface area contributed by atoms with E-state index in [9.17, 15) is 4.79 Å². The van der Waals surface area contributed by atoms with Crippen LogP contribution in [-0.2, 0) is 6.54 Å². The molecule has 1 aromatic carbocycles. The maximum absolute atomic E-state index is 11.3. The summed E-state index contributed by atoms with van der Waals surface area (Å²) in [6.07, 6.45) is 3.33. The summed E-state index contributed by atoms with van der Waals surface area (Å²) in [6, 6.07) is 9.58. The number of benzene rings is 1.